The average molecular weight is 360 g/mol. The van der Waals surface area contributed by atoms with Crippen molar-refractivity contribution in [3.63, 3.8) is 0 Å². The summed E-state index contributed by atoms with van der Waals surface area (Å²) in [7, 11) is 0. The van der Waals surface area contributed by atoms with E-state index < -0.39 is 0 Å². The van der Waals surface area contributed by atoms with Crippen LogP contribution in [0, 0.1) is 11.8 Å². The summed E-state index contributed by atoms with van der Waals surface area (Å²) in [5.74, 6) is 6.05. The number of halogens is 2. The third kappa shape index (κ3) is 4.79. The molecule has 0 amide bonds. The van der Waals surface area contributed by atoms with Gasteiger partial charge in [0.1, 0.15) is 0 Å². The van der Waals surface area contributed by atoms with E-state index in [1.165, 1.54) is 0 Å². The van der Waals surface area contributed by atoms with E-state index in [2.05, 4.69) is 60.9 Å². The molecule has 0 bridgehead atoms. The highest BCUT2D eigenvalue weighted by molar-refractivity contribution is 9.11. The zero-order chi connectivity index (χ0) is 12.7. The number of pyridine rings is 1. The first-order valence-corrected chi connectivity index (χ1v) is 7.21. The minimum atomic E-state index is 0.185. The normalized spacial score (nSPS) is 11.8. The van der Waals surface area contributed by atoms with Crippen LogP contribution in [-0.2, 0) is 0 Å². The predicted octanol–water partition coefficient (Wildman–Crippen LogP) is 4.06. The largest absolute Gasteiger partial charge is 0.308 e. The Kier molecular flexibility index (Phi) is 6.79. The quantitative estimate of drug-likeness (QED) is 0.802. The highest BCUT2D eigenvalue weighted by atomic mass is 79.9. The Balaban J connectivity index is 2.89. The maximum absolute atomic E-state index is 4.46. The highest BCUT2D eigenvalue weighted by Gasteiger charge is 2.14. The molecule has 1 unspecified atom stereocenters. The van der Waals surface area contributed by atoms with Gasteiger partial charge in [-0.25, -0.2) is 0 Å². The molecule has 1 aromatic heterocycles. The van der Waals surface area contributed by atoms with Crippen LogP contribution in [0.3, 0.4) is 0 Å². The summed E-state index contributed by atoms with van der Waals surface area (Å²) in [6.07, 6.45) is 3.70. The van der Waals surface area contributed by atoms with E-state index in [1.54, 1.807) is 0 Å². The zero-order valence-corrected chi connectivity index (χ0v) is 13.2. The molecule has 2 nitrogen and oxygen atoms in total. The summed E-state index contributed by atoms with van der Waals surface area (Å²) in [6, 6.07) is 2.20. The lowest BCUT2D eigenvalue weighted by atomic mass is 10.1. The van der Waals surface area contributed by atoms with Crippen LogP contribution in [0.5, 0.6) is 0 Å². The summed E-state index contributed by atoms with van der Waals surface area (Å²) >= 11 is 6.96. The van der Waals surface area contributed by atoms with Crippen LogP contribution in [-0.4, -0.2) is 11.5 Å². The number of rotatable bonds is 5. The Morgan fingerprint density at radius 2 is 2.24 bits per heavy atom. The number of nitrogens with one attached hydrogen (secondary N) is 1. The van der Waals surface area contributed by atoms with Gasteiger partial charge in [-0.15, -0.1) is 11.8 Å². The molecule has 0 aromatic carbocycles. The van der Waals surface area contributed by atoms with Crippen molar-refractivity contribution in [2.24, 2.45) is 0 Å². The van der Waals surface area contributed by atoms with Gasteiger partial charge in [-0.3, -0.25) is 4.98 Å². The zero-order valence-electron chi connectivity index (χ0n) is 10.1. The van der Waals surface area contributed by atoms with Crippen LogP contribution < -0.4 is 5.32 Å². The Hall–Kier alpha value is -0.370. The minimum absolute atomic E-state index is 0.185. The topological polar surface area (TPSA) is 24.9 Å². The predicted molar refractivity (Wildman–Crippen MR) is 78.7 cm³/mol. The van der Waals surface area contributed by atoms with Crippen LogP contribution in [0.2, 0.25) is 0 Å². The lowest BCUT2D eigenvalue weighted by Crippen LogP contribution is -2.23. The molecule has 0 spiro atoms. The summed E-state index contributed by atoms with van der Waals surface area (Å²) in [4.78, 5) is 4.46. The summed E-state index contributed by atoms with van der Waals surface area (Å²) in [5, 5.41) is 3.47. The molecule has 92 valence electrons. The number of aromatic nitrogens is 1. The van der Waals surface area contributed by atoms with Crippen molar-refractivity contribution in [1.29, 1.82) is 0 Å². The van der Waals surface area contributed by atoms with Crippen LogP contribution in [0.1, 0.15) is 38.4 Å². The SMILES string of the molecule is CC#CCC(NCCC)c1ncc(Br)cc1Br. The number of nitrogens with zero attached hydrogens (tertiary/aromatic N) is 1. The van der Waals surface area contributed by atoms with Crippen molar-refractivity contribution in [3.05, 3.63) is 26.9 Å². The molecule has 0 aliphatic rings. The first-order valence-electron chi connectivity index (χ1n) is 5.63. The smallest absolute Gasteiger partial charge is 0.0725 e. The van der Waals surface area contributed by atoms with Gasteiger partial charge in [0.2, 0.25) is 0 Å². The van der Waals surface area contributed by atoms with Gasteiger partial charge in [0.15, 0.2) is 0 Å². The molecule has 1 N–H and O–H groups in total. The molecule has 0 radical (unpaired) electrons. The van der Waals surface area contributed by atoms with Gasteiger partial charge in [0, 0.05) is 21.6 Å². The molecule has 0 aliphatic carbocycles. The lowest BCUT2D eigenvalue weighted by Gasteiger charge is -2.17. The molecular formula is C13H16Br2N2. The first kappa shape index (κ1) is 14.7. The second-order valence-electron chi connectivity index (χ2n) is 3.66. The molecule has 1 rings (SSSR count). The Labute approximate surface area is 120 Å². The Morgan fingerprint density at radius 3 is 2.82 bits per heavy atom. The minimum Gasteiger partial charge on any atom is -0.308 e. The van der Waals surface area contributed by atoms with Gasteiger partial charge >= 0.3 is 0 Å². The Morgan fingerprint density at radius 1 is 1.47 bits per heavy atom. The summed E-state index contributed by atoms with van der Waals surface area (Å²) in [5.41, 5.74) is 1.02. The molecule has 1 heterocycles. The maximum atomic E-state index is 4.46. The van der Waals surface area contributed by atoms with E-state index >= 15 is 0 Å². The lowest BCUT2D eigenvalue weighted by molar-refractivity contribution is 0.528. The molecular weight excluding hydrogens is 344 g/mol. The van der Waals surface area contributed by atoms with Gasteiger partial charge in [0.05, 0.1) is 11.7 Å². The summed E-state index contributed by atoms with van der Waals surface area (Å²) in [6.45, 7) is 4.99. The average Bonchev–Trinajstić information content (AvgIpc) is 2.30. The number of hydrogen-bond acceptors (Lipinski definition) is 2. The van der Waals surface area contributed by atoms with E-state index in [-0.39, 0.29) is 6.04 Å². The van der Waals surface area contributed by atoms with Gasteiger partial charge < -0.3 is 5.32 Å². The van der Waals surface area contributed by atoms with E-state index in [1.807, 2.05) is 19.2 Å². The molecule has 0 fully saturated rings. The Bertz CT molecular complexity index is 421. The maximum Gasteiger partial charge on any atom is 0.0725 e. The van der Waals surface area contributed by atoms with E-state index in [4.69, 9.17) is 0 Å². The van der Waals surface area contributed by atoms with Gasteiger partial charge in [0.25, 0.3) is 0 Å². The van der Waals surface area contributed by atoms with E-state index in [0.717, 1.165) is 34.0 Å². The fourth-order valence-corrected chi connectivity index (χ4v) is 2.73. The molecule has 17 heavy (non-hydrogen) atoms. The van der Waals surface area contributed by atoms with Crippen LogP contribution >= 0.6 is 31.9 Å². The highest BCUT2D eigenvalue weighted by Crippen LogP contribution is 2.26. The monoisotopic (exact) mass is 358 g/mol. The second kappa shape index (κ2) is 7.86. The third-order valence-electron chi connectivity index (χ3n) is 2.29. The van der Waals surface area contributed by atoms with Crippen molar-refractivity contribution in [3.8, 4) is 11.8 Å². The fourth-order valence-electron chi connectivity index (χ4n) is 1.47. The second-order valence-corrected chi connectivity index (χ2v) is 5.43. The molecule has 0 aliphatic heterocycles. The van der Waals surface area contributed by atoms with E-state index in [9.17, 15) is 0 Å². The number of hydrogen-bond donors (Lipinski definition) is 1. The fraction of sp³-hybridized carbons (Fsp3) is 0.462. The van der Waals surface area contributed by atoms with E-state index in [0.29, 0.717) is 0 Å². The molecule has 0 saturated heterocycles. The van der Waals surface area contributed by atoms with Crippen LogP contribution in [0.4, 0.5) is 0 Å². The molecule has 1 atom stereocenters. The van der Waals surface area contributed by atoms with Crippen molar-refractivity contribution in [2.75, 3.05) is 6.54 Å². The third-order valence-corrected chi connectivity index (χ3v) is 3.36. The van der Waals surface area contributed by atoms with Crippen molar-refractivity contribution in [1.82, 2.24) is 10.3 Å². The van der Waals surface area contributed by atoms with Crippen LogP contribution in [0.15, 0.2) is 21.2 Å². The van der Waals surface area contributed by atoms with Crippen molar-refractivity contribution in [2.45, 2.75) is 32.7 Å². The van der Waals surface area contributed by atoms with Crippen LogP contribution in [0.25, 0.3) is 0 Å². The molecule has 1 aromatic rings. The molecule has 4 heteroatoms. The van der Waals surface area contributed by atoms with Gasteiger partial charge in [-0.05, 0) is 57.8 Å². The van der Waals surface area contributed by atoms with Gasteiger partial charge in [-0.1, -0.05) is 6.92 Å². The standard InChI is InChI=1S/C13H16Br2N2/c1-3-5-6-12(16-7-4-2)13-11(15)8-10(14)9-17-13/h8-9,12,16H,4,6-7H2,1-2H3. The van der Waals surface area contributed by atoms with Crippen molar-refractivity contribution >= 4 is 31.9 Å². The first-order chi connectivity index (χ1) is 8.19. The summed E-state index contributed by atoms with van der Waals surface area (Å²) < 4.78 is 1.99. The van der Waals surface area contributed by atoms with Gasteiger partial charge in [-0.2, -0.15) is 0 Å². The molecule has 0 saturated carbocycles. The van der Waals surface area contributed by atoms with Crippen molar-refractivity contribution < 1.29 is 0 Å².